The Morgan fingerprint density at radius 2 is 1.91 bits per heavy atom. The number of aliphatic hydroxyl groups is 1. The van der Waals surface area contributed by atoms with Gasteiger partial charge in [-0.25, -0.2) is 0 Å². The molecule has 0 fully saturated rings. The van der Waals surface area contributed by atoms with Crippen LogP contribution in [0.4, 0.5) is 0 Å². The summed E-state index contributed by atoms with van der Waals surface area (Å²) >= 11 is 0. The first-order chi connectivity index (χ1) is 4.45. The molecule has 0 saturated carbocycles. The Morgan fingerprint density at radius 3 is 2.18 bits per heavy atom. The summed E-state index contributed by atoms with van der Waals surface area (Å²) in [5.74, 6) is 0.315. The number of nitrogens with two attached hydrogens (primary N) is 1. The quantitative estimate of drug-likeness (QED) is 0.488. The zero-order chi connectivity index (χ0) is 8.20. The molecule has 0 aliphatic rings. The Kier molecular flexibility index (Phi) is 6.52. The minimum absolute atomic E-state index is 0. The number of amidine groups is 1. The summed E-state index contributed by atoms with van der Waals surface area (Å²) in [6, 6.07) is 0. The number of hydrogen-bond donors (Lipinski definition) is 2. The van der Waals surface area contributed by atoms with Crippen LogP contribution in [-0.2, 0) is 0 Å². The Hall–Kier alpha value is -0.280. The molecule has 0 aromatic rings. The van der Waals surface area contributed by atoms with Crippen LogP contribution in [0.3, 0.4) is 0 Å². The largest absolute Gasteiger partial charge is 0.388 e. The highest BCUT2D eigenvalue weighted by Crippen LogP contribution is 2.12. The Morgan fingerprint density at radius 1 is 1.45 bits per heavy atom. The molecular weight excluding hydrogens is 164 g/mol. The molecule has 0 radical (unpaired) electrons. The van der Waals surface area contributed by atoms with Gasteiger partial charge >= 0.3 is 0 Å². The summed E-state index contributed by atoms with van der Waals surface area (Å²) in [4.78, 5) is 3.96. The van der Waals surface area contributed by atoms with Gasteiger partial charge in [-0.2, -0.15) is 0 Å². The minimum Gasteiger partial charge on any atom is -0.388 e. The van der Waals surface area contributed by atoms with E-state index < -0.39 is 0 Å². The summed E-state index contributed by atoms with van der Waals surface area (Å²) in [5, 5.41) is 8.48. The number of nitrogens with zero attached hydrogens (tertiary/aromatic N) is 1. The van der Waals surface area contributed by atoms with Crippen molar-refractivity contribution in [3.05, 3.63) is 0 Å². The molecule has 0 bridgehead atoms. The lowest BCUT2D eigenvalue weighted by Gasteiger charge is -2.14. The van der Waals surface area contributed by atoms with Crippen LogP contribution in [0.2, 0.25) is 0 Å². The fourth-order valence-corrected chi connectivity index (χ4v) is 0.389. The van der Waals surface area contributed by atoms with Crippen molar-refractivity contribution in [2.75, 3.05) is 13.2 Å². The molecule has 3 N–H and O–H groups in total. The third-order valence-electron chi connectivity index (χ3n) is 0.918. The first-order valence-electron chi connectivity index (χ1n) is 3.35. The lowest BCUT2D eigenvalue weighted by atomic mass is 9.97. The van der Waals surface area contributed by atoms with Crippen molar-refractivity contribution in [2.45, 2.75) is 20.8 Å². The summed E-state index contributed by atoms with van der Waals surface area (Å²) in [5.41, 5.74) is 5.43. The molecular formula is C7H17ClN2O. The van der Waals surface area contributed by atoms with Crippen molar-refractivity contribution in [1.29, 1.82) is 0 Å². The van der Waals surface area contributed by atoms with Crippen LogP contribution in [0.25, 0.3) is 0 Å². The smallest absolute Gasteiger partial charge is 0.120 e. The minimum atomic E-state index is -0.143. The van der Waals surface area contributed by atoms with Gasteiger partial charge in [0.1, 0.15) is 12.4 Å². The molecule has 0 atom stereocenters. The highest BCUT2D eigenvalue weighted by atomic mass is 35.5. The second kappa shape index (κ2) is 5.38. The Labute approximate surface area is 74.1 Å². The Bertz CT molecular complexity index is 129. The molecule has 0 aromatic carbocycles. The molecule has 0 unspecified atom stereocenters. The molecule has 0 aromatic heterocycles. The molecule has 0 amide bonds. The Balaban J connectivity index is 0. The van der Waals surface area contributed by atoms with Crippen molar-refractivity contribution in [3.63, 3.8) is 0 Å². The summed E-state index contributed by atoms with van der Waals surface area (Å²) in [6.07, 6.45) is 0. The molecule has 0 aliphatic carbocycles. The van der Waals surface area contributed by atoms with E-state index in [1.807, 2.05) is 0 Å². The van der Waals surface area contributed by atoms with Gasteiger partial charge in [-0.1, -0.05) is 20.8 Å². The van der Waals surface area contributed by atoms with Gasteiger partial charge in [-0.3, -0.25) is 4.99 Å². The van der Waals surface area contributed by atoms with Crippen molar-refractivity contribution in [3.8, 4) is 0 Å². The maximum Gasteiger partial charge on any atom is 0.120 e. The monoisotopic (exact) mass is 180 g/mol. The van der Waals surface area contributed by atoms with Crippen LogP contribution >= 0.6 is 12.4 Å². The maximum absolute atomic E-state index is 8.48. The van der Waals surface area contributed by atoms with E-state index in [0.29, 0.717) is 12.4 Å². The summed E-state index contributed by atoms with van der Waals surface area (Å²) in [6.45, 7) is 6.74. The number of halogens is 1. The van der Waals surface area contributed by atoms with E-state index in [9.17, 15) is 0 Å². The van der Waals surface area contributed by atoms with Gasteiger partial charge in [0.25, 0.3) is 0 Å². The van der Waals surface area contributed by atoms with E-state index in [2.05, 4.69) is 25.8 Å². The molecule has 0 heterocycles. The number of rotatable bonds is 2. The van der Waals surface area contributed by atoms with Gasteiger partial charge in [0.2, 0.25) is 0 Å². The van der Waals surface area contributed by atoms with Gasteiger partial charge < -0.3 is 10.8 Å². The standard InChI is InChI=1S/C7H16N2O.ClH/c1-7(2,3)5-9-6(8)4-10;/h10H,4-5H2,1-3H3,(H2,8,9);1H. The molecule has 11 heavy (non-hydrogen) atoms. The SMILES string of the molecule is CC(C)(C)CN=C(N)CO.Cl. The van der Waals surface area contributed by atoms with E-state index in [4.69, 9.17) is 10.8 Å². The lowest BCUT2D eigenvalue weighted by Crippen LogP contribution is -2.20. The molecule has 0 aliphatic heterocycles. The molecule has 3 nitrogen and oxygen atoms in total. The van der Waals surface area contributed by atoms with Crippen LogP contribution in [0.1, 0.15) is 20.8 Å². The maximum atomic E-state index is 8.48. The molecule has 0 spiro atoms. The zero-order valence-corrected chi connectivity index (χ0v) is 8.11. The average Bonchev–Trinajstić information content (AvgIpc) is 1.81. The van der Waals surface area contributed by atoms with Gasteiger partial charge in [0, 0.05) is 6.54 Å². The highest BCUT2D eigenvalue weighted by Gasteiger charge is 2.08. The van der Waals surface area contributed by atoms with E-state index in [-0.39, 0.29) is 24.4 Å². The van der Waals surface area contributed by atoms with E-state index >= 15 is 0 Å². The third kappa shape index (κ3) is 9.72. The summed E-state index contributed by atoms with van der Waals surface area (Å²) < 4.78 is 0. The van der Waals surface area contributed by atoms with Crippen molar-refractivity contribution in [2.24, 2.45) is 16.1 Å². The van der Waals surface area contributed by atoms with E-state index in [0.717, 1.165) is 0 Å². The van der Waals surface area contributed by atoms with Crippen molar-refractivity contribution in [1.82, 2.24) is 0 Å². The van der Waals surface area contributed by atoms with Gasteiger partial charge in [0.15, 0.2) is 0 Å². The molecule has 68 valence electrons. The van der Waals surface area contributed by atoms with E-state index in [1.54, 1.807) is 0 Å². The number of hydrogen-bond acceptors (Lipinski definition) is 2. The van der Waals surface area contributed by atoms with Gasteiger partial charge in [-0.15, -0.1) is 12.4 Å². The highest BCUT2D eigenvalue weighted by molar-refractivity contribution is 5.85. The first kappa shape index (κ1) is 13.3. The van der Waals surface area contributed by atoms with Crippen LogP contribution in [0, 0.1) is 5.41 Å². The van der Waals surface area contributed by atoms with Gasteiger partial charge in [-0.05, 0) is 5.41 Å². The number of aliphatic hydroxyl groups excluding tert-OH is 1. The van der Waals surface area contributed by atoms with E-state index in [1.165, 1.54) is 0 Å². The van der Waals surface area contributed by atoms with Crippen molar-refractivity contribution < 1.29 is 5.11 Å². The second-order valence-corrected chi connectivity index (χ2v) is 3.53. The fraction of sp³-hybridized carbons (Fsp3) is 0.857. The predicted molar refractivity (Wildman–Crippen MR) is 50.3 cm³/mol. The zero-order valence-electron chi connectivity index (χ0n) is 7.29. The molecule has 0 saturated heterocycles. The van der Waals surface area contributed by atoms with Crippen LogP contribution in [0.15, 0.2) is 4.99 Å². The van der Waals surface area contributed by atoms with Gasteiger partial charge in [0.05, 0.1) is 0 Å². The first-order valence-corrected chi connectivity index (χ1v) is 3.35. The van der Waals surface area contributed by atoms with Crippen LogP contribution in [-0.4, -0.2) is 24.1 Å². The molecule has 0 rings (SSSR count). The predicted octanol–water partition coefficient (Wildman–Crippen LogP) is 0.804. The normalized spacial score (nSPS) is 12.5. The van der Waals surface area contributed by atoms with Crippen LogP contribution < -0.4 is 5.73 Å². The topological polar surface area (TPSA) is 58.6 Å². The molecule has 4 heteroatoms. The van der Waals surface area contributed by atoms with Crippen molar-refractivity contribution >= 4 is 18.2 Å². The second-order valence-electron chi connectivity index (χ2n) is 3.53. The summed E-state index contributed by atoms with van der Waals surface area (Å²) in [7, 11) is 0. The third-order valence-corrected chi connectivity index (χ3v) is 0.918. The lowest BCUT2D eigenvalue weighted by molar-refractivity contribution is 0.353. The number of aliphatic imine (C=N–C) groups is 1. The average molecular weight is 181 g/mol. The fourth-order valence-electron chi connectivity index (χ4n) is 0.389. The van der Waals surface area contributed by atoms with Crippen LogP contribution in [0.5, 0.6) is 0 Å².